The molecule has 0 spiro atoms. The van der Waals surface area contributed by atoms with Gasteiger partial charge < -0.3 is 4.84 Å². The molecular weight excluding hydrogens is 296 g/mol. The van der Waals surface area contributed by atoms with E-state index in [0.717, 1.165) is 16.7 Å². The quantitative estimate of drug-likeness (QED) is 0.508. The van der Waals surface area contributed by atoms with Gasteiger partial charge >= 0.3 is 0 Å². The van der Waals surface area contributed by atoms with Crippen molar-refractivity contribution in [3.8, 4) is 17.2 Å². The van der Waals surface area contributed by atoms with Crippen LogP contribution < -0.4 is 0 Å². The van der Waals surface area contributed by atoms with Gasteiger partial charge in [-0.3, -0.25) is 0 Å². The maximum atomic E-state index is 9.04. The first-order valence-corrected chi connectivity index (χ1v) is 7.59. The lowest BCUT2D eigenvalue weighted by molar-refractivity contribution is 0.132. The fourth-order valence-electron chi connectivity index (χ4n) is 2.41. The van der Waals surface area contributed by atoms with Crippen LogP contribution in [0.5, 0.6) is 0 Å². The van der Waals surface area contributed by atoms with Crippen molar-refractivity contribution in [3.05, 3.63) is 95.6 Å². The first-order chi connectivity index (χ1) is 11.9. The zero-order chi connectivity index (χ0) is 16.6. The molecule has 115 valence electrons. The summed E-state index contributed by atoms with van der Waals surface area (Å²) in [6.07, 6.45) is 2.77. The van der Waals surface area contributed by atoms with Gasteiger partial charge in [0.15, 0.2) is 0 Å². The Bertz CT molecular complexity index is 880. The summed E-state index contributed by atoms with van der Waals surface area (Å²) >= 11 is 0. The molecule has 3 aromatic carbocycles. The van der Waals surface area contributed by atoms with E-state index in [1.54, 1.807) is 18.2 Å². The lowest BCUT2D eigenvalue weighted by Crippen LogP contribution is -1.93. The molecule has 3 rings (SSSR count). The van der Waals surface area contributed by atoms with Gasteiger partial charge in [0.25, 0.3) is 0 Å². The Morgan fingerprint density at radius 3 is 2.25 bits per heavy atom. The van der Waals surface area contributed by atoms with E-state index in [1.165, 1.54) is 0 Å². The Morgan fingerprint density at radius 1 is 0.792 bits per heavy atom. The van der Waals surface area contributed by atoms with E-state index in [-0.39, 0.29) is 0 Å². The third-order valence-electron chi connectivity index (χ3n) is 3.60. The second-order valence-electron chi connectivity index (χ2n) is 5.16. The molecule has 0 unspecified atom stereocenters. The fourth-order valence-corrected chi connectivity index (χ4v) is 2.41. The number of nitriles is 1. The van der Waals surface area contributed by atoms with Crippen molar-refractivity contribution in [1.82, 2.24) is 0 Å². The highest BCUT2D eigenvalue weighted by molar-refractivity contribution is 5.82. The van der Waals surface area contributed by atoms with Crippen molar-refractivity contribution in [2.45, 2.75) is 6.61 Å². The van der Waals surface area contributed by atoms with Crippen LogP contribution in [0.1, 0.15) is 16.7 Å². The first-order valence-electron chi connectivity index (χ1n) is 7.59. The van der Waals surface area contributed by atoms with E-state index < -0.39 is 0 Å². The summed E-state index contributed by atoms with van der Waals surface area (Å²) in [6.45, 7) is 0.340. The Kier molecular flexibility index (Phi) is 5.01. The van der Waals surface area contributed by atoms with Crippen molar-refractivity contribution < 1.29 is 4.84 Å². The molecule has 0 atom stereocenters. The zero-order valence-corrected chi connectivity index (χ0v) is 13.0. The van der Waals surface area contributed by atoms with Gasteiger partial charge in [0.1, 0.15) is 12.8 Å². The normalized spacial score (nSPS) is 10.5. The molecule has 0 N–H and O–H groups in total. The molecule has 0 aliphatic rings. The van der Waals surface area contributed by atoms with Crippen molar-refractivity contribution in [2.75, 3.05) is 0 Å². The summed E-state index contributed by atoms with van der Waals surface area (Å²) in [4.78, 5) is 5.39. The summed E-state index contributed by atoms with van der Waals surface area (Å²) in [5.41, 5.74) is 4.44. The van der Waals surface area contributed by atoms with Crippen LogP contribution in [0.15, 0.2) is 84.0 Å². The van der Waals surface area contributed by atoms with Crippen LogP contribution in [-0.4, -0.2) is 6.21 Å². The van der Waals surface area contributed by atoms with Crippen LogP contribution in [0.3, 0.4) is 0 Å². The van der Waals surface area contributed by atoms with Gasteiger partial charge in [-0.25, -0.2) is 0 Å². The highest BCUT2D eigenvalue weighted by Gasteiger charge is 2.04. The van der Waals surface area contributed by atoms with E-state index in [0.29, 0.717) is 17.7 Å². The lowest BCUT2D eigenvalue weighted by atomic mass is 10.0. The minimum atomic E-state index is 0.340. The van der Waals surface area contributed by atoms with Gasteiger partial charge in [-0.1, -0.05) is 78.0 Å². The average Bonchev–Trinajstić information content (AvgIpc) is 2.66. The molecule has 24 heavy (non-hydrogen) atoms. The molecule has 0 amide bonds. The summed E-state index contributed by atoms with van der Waals surface area (Å²) in [7, 11) is 0. The molecule has 0 bridgehead atoms. The average molecular weight is 311 g/mol. The van der Waals surface area contributed by atoms with Gasteiger partial charge in [0.2, 0.25) is 0 Å². The van der Waals surface area contributed by atoms with E-state index in [9.17, 15) is 0 Å². The fraction of sp³-hybridized carbons (Fsp3) is 0.0476. The Morgan fingerprint density at radius 2 is 1.46 bits per heavy atom. The largest absolute Gasteiger partial charge is 0.390 e. The van der Waals surface area contributed by atoms with E-state index in [2.05, 4.69) is 35.6 Å². The Labute approximate surface area is 141 Å². The molecule has 0 saturated heterocycles. The first kappa shape index (κ1) is 15.5. The second kappa shape index (κ2) is 7.75. The molecule has 0 saturated carbocycles. The molecule has 0 aromatic heterocycles. The minimum Gasteiger partial charge on any atom is -0.390 e. The molecule has 3 nitrogen and oxygen atoms in total. The lowest BCUT2D eigenvalue weighted by Gasteiger charge is -2.08. The number of benzene rings is 3. The topological polar surface area (TPSA) is 45.4 Å². The number of hydrogen-bond acceptors (Lipinski definition) is 3. The van der Waals surface area contributed by atoms with Crippen LogP contribution in [0.4, 0.5) is 0 Å². The van der Waals surface area contributed by atoms with Gasteiger partial charge in [-0.05, 0) is 22.8 Å². The predicted molar refractivity (Wildman–Crippen MR) is 94.4 cm³/mol. The highest BCUT2D eigenvalue weighted by Crippen LogP contribution is 2.23. The van der Waals surface area contributed by atoms with Crippen molar-refractivity contribution in [3.63, 3.8) is 0 Å². The van der Waals surface area contributed by atoms with Gasteiger partial charge in [-0.2, -0.15) is 5.26 Å². The van der Waals surface area contributed by atoms with Crippen molar-refractivity contribution in [2.24, 2.45) is 5.16 Å². The van der Waals surface area contributed by atoms with Gasteiger partial charge in [-0.15, -0.1) is 0 Å². The van der Waals surface area contributed by atoms with Crippen molar-refractivity contribution >= 4 is 6.21 Å². The minimum absolute atomic E-state index is 0.340. The predicted octanol–water partition coefficient (Wildman–Crippen LogP) is 4.65. The van der Waals surface area contributed by atoms with E-state index >= 15 is 0 Å². The molecule has 0 heterocycles. The molecule has 0 fully saturated rings. The molecule has 3 heteroatoms. The highest BCUT2D eigenvalue weighted by atomic mass is 16.6. The molecule has 0 aliphatic carbocycles. The van der Waals surface area contributed by atoms with Crippen molar-refractivity contribution in [1.29, 1.82) is 5.26 Å². The van der Waals surface area contributed by atoms with Crippen LogP contribution >= 0.6 is 0 Å². The SMILES string of the molecule is N#Cc1ccccc1/[C]=N/OCc1ccccc1-c1ccccc1. The number of nitrogens with zero attached hydrogens (tertiary/aromatic N) is 2. The summed E-state index contributed by atoms with van der Waals surface area (Å²) in [5.74, 6) is 0. The monoisotopic (exact) mass is 311 g/mol. The molecule has 3 aromatic rings. The number of hydrogen-bond donors (Lipinski definition) is 0. The van der Waals surface area contributed by atoms with Crippen LogP contribution in [0.25, 0.3) is 11.1 Å². The van der Waals surface area contributed by atoms with Crippen LogP contribution in [-0.2, 0) is 11.4 Å². The Balaban J connectivity index is 1.72. The standard InChI is InChI=1S/C21H15N2O/c22-14-18-10-4-5-11-19(18)15-23-24-16-20-12-6-7-13-21(20)17-8-2-1-3-9-17/h1-13H,16H2. The van der Waals surface area contributed by atoms with Crippen LogP contribution in [0, 0.1) is 11.3 Å². The van der Waals surface area contributed by atoms with E-state index in [1.807, 2.05) is 42.5 Å². The summed E-state index contributed by atoms with van der Waals surface area (Å²) in [6, 6.07) is 27.5. The zero-order valence-electron chi connectivity index (χ0n) is 13.0. The number of rotatable bonds is 5. The maximum Gasteiger partial charge on any atom is 0.142 e. The smallest absolute Gasteiger partial charge is 0.142 e. The summed E-state index contributed by atoms with van der Waals surface area (Å²) < 4.78 is 0. The third-order valence-corrected chi connectivity index (χ3v) is 3.60. The van der Waals surface area contributed by atoms with Crippen LogP contribution in [0.2, 0.25) is 0 Å². The maximum absolute atomic E-state index is 9.04. The van der Waals surface area contributed by atoms with Gasteiger partial charge in [0.05, 0.1) is 11.6 Å². The Hall–Kier alpha value is -3.38. The third kappa shape index (κ3) is 3.68. The van der Waals surface area contributed by atoms with Gasteiger partial charge in [0, 0.05) is 5.56 Å². The summed E-state index contributed by atoms with van der Waals surface area (Å²) in [5, 5.41) is 12.9. The molecule has 0 aliphatic heterocycles. The second-order valence-corrected chi connectivity index (χ2v) is 5.16. The molecule has 1 radical (unpaired) electrons. The van der Waals surface area contributed by atoms with E-state index in [4.69, 9.17) is 10.1 Å². The molecular formula is C21H15N2O.